The fraction of sp³-hybridized carbons (Fsp3) is 0.647. The van der Waals surface area contributed by atoms with Gasteiger partial charge in [-0.3, -0.25) is 0 Å². The lowest BCUT2D eigenvalue weighted by Gasteiger charge is -2.39. The van der Waals surface area contributed by atoms with Crippen molar-refractivity contribution < 1.29 is 4.74 Å². The van der Waals surface area contributed by atoms with Crippen molar-refractivity contribution in [3.8, 4) is 5.75 Å². The Kier molecular flexibility index (Phi) is 5.14. The van der Waals surface area contributed by atoms with Crippen molar-refractivity contribution in [2.75, 3.05) is 7.11 Å². The molecule has 1 saturated carbocycles. The summed E-state index contributed by atoms with van der Waals surface area (Å²) in [6, 6.07) is 6.14. The summed E-state index contributed by atoms with van der Waals surface area (Å²) in [7, 11) is 1.71. The first-order valence-corrected chi connectivity index (χ1v) is 8.34. The Labute approximate surface area is 131 Å². The van der Waals surface area contributed by atoms with Gasteiger partial charge < -0.3 is 10.5 Å². The molecule has 1 aliphatic rings. The molecule has 3 heteroatoms. The van der Waals surface area contributed by atoms with E-state index in [1.807, 2.05) is 6.07 Å². The largest absolute Gasteiger partial charge is 0.497 e. The van der Waals surface area contributed by atoms with Crippen molar-refractivity contribution in [1.82, 2.24) is 0 Å². The molecule has 0 atom stereocenters. The number of hydrogen-bond donors (Lipinski definition) is 1. The van der Waals surface area contributed by atoms with Crippen molar-refractivity contribution in [3.05, 3.63) is 28.2 Å². The molecule has 0 heterocycles. The molecule has 2 rings (SSSR count). The van der Waals surface area contributed by atoms with Crippen molar-refractivity contribution in [1.29, 1.82) is 0 Å². The first kappa shape index (κ1) is 15.8. The van der Waals surface area contributed by atoms with Gasteiger partial charge in [0.15, 0.2) is 0 Å². The van der Waals surface area contributed by atoms with Crippen LogP contribution in [0, 0.1) is 11.8 Å². The predicted molar refractivity (Wildman–Crippen MR) is 88.1 cm³/mol. The van der Waals surface area contributed by atoms with E-state index < -0.39 is 0 Å². The predicted octanol–water partition coefficient (Wildman–Crippen LogP) is 4.54. The third kappa shape index (κ3) is 3.76. The smallest absolute Gasteiger partial charge is 0.119 e. The van der Waals surface area contributed by atoms with Gasteiger partial charge in [0.2, 0.25) is 0 Å². The normalized spacial score (nSPS) is 26.8. The molecule has 20 heavy (non-hydrogen) atoms. The van der Waals surface area contributed by atoms with Crippen LogP contribution >= 0.6 is 15.9 Å². The number of benzene rings is 1. The number of halogens is 1. The highest BCUT2D eigenvalue weighted by Crippen LogP contribution is 2.37. The molecule has 2 nitrogen and oxygen atoms in total. The molecule has 0 bridgehead atoms. The Hall–Kier alpha value is -0.540. The van der Waals surface area contributed by atoms with Crippen LogP contribution in [0.1, 0.15) is 45.1 Å². The summed E-state index contributed by atoms with van der Waals surface area (Å²) in [5.41, 5.74) is 7.86. The zero-order chi connectivity index (χ0) is 14.8. The zero-order valence-electron chi connectivity index (χ0n) is 12.8. The van der Waals surface area contributed by atoms with Crippen molar-refractivity contribution in [2.45, 2.75) is 51.5 Å². The van der Waals surface area contributed by atoms with Crippen LogP contribution in [0.2, 0.25) is 0 Å². The number of methoxy groups -OCH3 is 1. The second-order valence-corrected chi connectivity index (χ2v) is 7.43. The van der Waals surface area contributed by atoms with Crippen LogP contribution in [0.4, 0.5) is 0 Å². The summed E-state index contributed by atoms with van der Waals surface area (Å²) in [5, 5.41) is 0. The van der Waals surface area contributed by atoms with Gasteiger partial charge >= 0.3 is 0 Å². The summed E-state index contributed by atoms with van der Waals surface area (Å²) in [6.45, 7) is 4.65. The monoisotopic (exact) mass is 339 g/mol. The molecule has 0 unspecified atom stereocenters. The van der Waals surface area contributed by atoms with Gasteiger partial charge in [-0.05, 0) is 67.7 Å². The lowest BCUT2D eigenvalue weighted by Crippen LogP contribution is -2.45. The van der Waals surface area contributed by atoms with E-state index in [1.165, 1.54) is 18.4 Å². The molecule has 0 spiro atoms. The SMILES string of the molecule is COc1ccc(Br)c(CC2(N)CCC(C(C)C)CC2)c1. The van der Waals surface area contributed by atoms with Crippen LogP contribution in [0.25, 0.3) is 0 Å². The second kappa shape index (κ2) is 6.48. The molecule has 1 aromatic carbocycles. The molecular formula is C17H26BrNO. The minimum absolute atomic E-state index is 0.0553. The maximum Gasteiger partial charge on any atom is 0.119 e. The first-order valence-electron chi connectivity index (χ1n) is 7.55. The molecule has 1 fully saturated rings. The Morgan fingerprint density at radius 2 is 2.00 bits per heavy atom. The molecular weight excluding hydrogens is 314 g/mol. The standard InChI is InChI=1S/C17H26BrNO/c1-12(2)13-6-8-17(19,9-7-13)11-14-10-15(20-3)4-5-16(14)18/h4-5,10,12-13H,6-9,11,19H2,1-3H3. The van der Waals surface area contributed by atoms with E-state index in [2.05, 4.69) is 41.9 Å². The zero-order valence-corrected chi connectivity index (χ0v) is 14.4. The van der Waals surface area contributed by atoms with E-state index in [9.17, 15) is 0 Å². The summed E-state index contributed by atoms with van der Waals surface area (Å²) in [6.07, 6.45) is 5.69. The minimum atomic E-state index is -0.0553. The van der Waals surface area contributed by atoms with Gasteiger partial charge in [0, 0.05) is 10.0 Å². The molecule has 112 valence electrons. The molecule has 0 radical (unpaired) electrons. The van der Waals surface area contributed by atoms with Gasteiger partial charge in [-0.15, -0.1) is 0 Å². The average molecular weight is 340 g/mol. The summed E-state index contributed by atoms with van der Waals surface area (Å²) in [5.74, 6) is 2.53. The van der Waals surface area contributed by atoms with Crippen molar-refractivity contribution in [3.63, 3.8) is 0 Å². The molecule has 2 N–H and O–H groups in total. The Morgan fingerprint density at radius 1 is 1.35 bits per heavy atom. The quantitative estimate of drug-likeness (QED) is 0.873. The van der Waals surface area contributed by atoms with Crippen LogP contribution < -0.4 is 10.5 Å². The van der Waals surface area contributed by atoms with Gasteiger partial charge in [-0.2, -0.15) is 0 Å². The van der Waals surface area contributed by atoms with Crippen molar-refractivity contribution >= 4 is 15.9 Å². The van der Waals surface area contributed by atoms with Gasteiger partial charge in [-0.1, -0.05) is 29.8 Å². The maximum atomic E-state index is 6.65. The highest BCUT2D eigenvalue weighted by atomic mass is 79.9. The average Bonchev–Trinajstić information content (AvgIpc) is 2.41. The third-order valence-corrected chi connectivity index (χ3v) is 5.54. The Balaban J connectivity index is 2.06. The fourth-order valence-corrected chi connectivity index (χ4v) is 3.64. The van der Waals surface area contributed by atoms with Crippen LogP contribution in [0.3, 0.4) is 0 Å². The third-order valence-electron chi connectivity index (χ3n) is 4.76. The molecule has 0 saturated heterocycles. The van der Waals surface area contributed by atoms with Crippen molar-refractivity contribution in [2.24, 2.45) is 17.6 Å². The second-order valence-electron chi connectivity index (χ2n) is 6.58. The summed E-state index contributed by atoms with van der Waals surface area (Å²) in [4.78, 5) is 0. The highest BCUT2D eigenvalue weighted by molar-refractivity contribution is 9.10. The van der Waals surface area contributed by atoms with Gasteiger partial charge in [0.25, 0.3) is 0 Å². The number of ether oxygens (including phenoxy) is 1. The topological polar surface area (TPSA) is 35.2 Å². The van der Waals surface area contributed by atoms with E-state index in [0.29, 0.717) is 0 Å². The van der Waals surface area contributed by atoms with Crippen LogP contribution in [-0.4, -0.2) is 12.6 Å². The van der Waals surface area contributed by atoms with Gasteiger partial charge in [0.1, 0.15) is 5.75 Å². The fourth-order valence-electron chi connectivity index (χ4n) is 3.25. The van der Waals surface area contributed by atoms with E-state index in [4.69, 9.17) is 10.5 Å². The van der Waals surface area contributed by atoms with Crippen LogP contribution in [0.5, 0.6) is 5.75 Å². The maximum absolute atomic E-state index is 6.65. The molecule has 0 amide bonds. The van der Waals surface area contributed by atoms with E-state index in [1.54, 1.807) is 7.11 Å². The number of rotatable bonds is 4. The van der Waals surface area contributed by atoms with E-state index in [0.717, 1.165) is 41.3 Å². The van der Waals surface area contributed by atoms with Gasteiger partial charge in [0.05, 0.1) is 7.11 Å². The van der Waals surface area contributed by atoms with Crippen LogP contribution in [-0.2, 0) is 6.42 Å². The summed E-state index contributed by atoms with van der Waals surface area (Å²) < 4.78 is 6.45. The lowest BCUT2D eigenvalue weighted by atomic mass is 9.71. The molecule has 0 aliphatic heterocycles. The Bertz CT molecular complexity index is 450. The number of hydrogen-bond acceptors (Lipinski definition) is 2. The number of nitrogens with two attached hydrogens (primary N) is 1. The first-order chi connectivity index (χ1) is 9.43. The highest BCUT2D eigenvalue weighted by Gasteiger charge is 2.33. The summed E-state index contributed by atoms with van der Waals surface area (Å²) >= 11 is 3.63. The lowest BCUT2D eigenvalue weighted by molar-refractivity contribution is 0.194. The molecule has 1 aliphatic carbocycles. The molecule has 1 aromatic rings. The minimum Gasteiger partial charge on any atom is -0.497 e. The van der Waals surface area contributed by atoms with Crippen LogP contribution in [0.15, 0.2) is 22.7 Å². The van der Waals surface area contributed by atoms with E-state index >= 15 is 0 Å². The Morgan fingerprint density at radius 3 is 2.55 bits per heavy atom. The van der Waals surface area contributed by atoms with E-state index in [-0.39, 0.29) is 5.54 Å². The molecule has 0 aromatic heterocycles. The van der Waals surface area contributed by atoms with Gasteiger partial charge in [-0.25, -0.2) is 0 Å².